The van der Waals surface area contributed by atoms with Gasteiger partial charge in [-0.15, -0.1) is 0 Å². The minimum atomic E-state index is -1.61. The molecule has 19 heavy (non-hydrogen) atoms. The largest absolute Gasteiger partial charge is 0.497 e. The first-order chi connectivity index (χ1) is 9.08. The molecular weight excluding hydrogens is 252 g/mol. The Bertz CT molecular complexity index is 389. The second-order valence-electron chi connectivity index (χ2n) is 3.75. The molecule has 0 fully saturated rings. The Balaban J connectivity index is 2.44. The summed E-state index contributed by atoms with van der Waals surface area (Å²) in [6, 6.07) is 6.71. The van der Waals surface area contributed by atoms with Crippen molar-refractivity contribution in [2.24, 2.45) is 0 Å². The van der Waals surface area contributed by atoms with Gasteiger partial charge in [0, 0.05) is 0 Å². The standard InChI is InChI=1S/C13H18O6/c1-3-18-13(16)12(15)11(14)8-19-10-6-4-9(17-2)5-7-10/h4-7,11-12,14-15H,3,8H2,1-2H3/t11-,12+/m1/s1. The highest BCUT2D eigenvalue weighted by Crippen LogP contribution is 2.17. The van der Waals surface area contributed by atoms with Crippen molar-refractivity contribution in [1.29, 1.82) is 0 Å². The van der Waals surface area contributed by atoms with Crippen molar-refractivity contribution in [3.05, 3.63) is 24.3 Å². The van der Waals surface area contributed by atoms with Gasteiger partial charge in [-0.25, -0.2) is 4.79 Å². The van der Waals surface area contributed by atoms with Crippen LogP contribution >= 0.6 is 0 Å². The zero-order valence-electron chi connectivity index (χ0n) is 10.9. The summed E-state index contributed by atoms with van der Waals surface area (Å²) in [5.41, 5.74) is 0. The van der Waals surface area contributed by atoms with E-state index in [0.717, 1.165) is 0 Å². The molecule has 0 amide bonds. The van der Waals surface area contributed by atoms with Gasteiger partial charge in [0.15, 0.2) is 6.10 Å². The third-order valence-corrected chi connectivity index (χ3v) is 2.37. The highest BCUT2D eigenvalue weighted by molar-refractivity contribution is 5.75. The van der Waals surface area contributed by atoms with Crippen molar-refractivity contribution in [2.45, 2.75) is 19.1 Å². The van der Waals surface area contributed by atoms with Crippen LogP contribution in [0.1, 0.15) is 6.92 Å². The quantitative estimate of drug-likeness (QED) is 0.696. The average molecular weight is 270 g/mol. The summed E-state index contributed by atoms with van der Waals surface area (Å²) in [5, 5.41) is 19.0. The molecule has 1 aromatic rings. The molecule has 1 rings (SSSR count). The molecule has 106 valence electrons. The van der Waals surface area contributed by atoms with Gasteiger partial charge in [0.1, 0.15) is 24.2 Å². The molecule has 0 unspecified atom stereocenters. The molecule has 2 N–H and O–H groups in total. The maximum atomic E-state index is 11.2. The Morgan fingerprint density at radius 3 is 2.32 bits per heavy atom. The van der Waals surface area contributed by atoms with Gasteiger partial charge in [0.25, 0.3) is 0 Å². The molecular formula is C13H18O6. The summed E-state index contributed by atoms with van der Waals surface area (Å²) in [7, 11) is 1.55. The van der Waals surface area contributed by atoms with E-state index in [9.17, 15) is 15.0 Å². The number of aliphatic hydroxyl groups is 2. The van der Waals surface area contributed by atoms with E-state index in [-0.39, 0.29) is 13.2 Å². The molecule has 1 aromatic carbocycles. The van der Waals surface area contributed by atoms with Crippen molar-refractivity contribution in [1.82, 2.24) is 0 Å². The minimum Gasteiger partial charge on any atom is -0.497 e. The number of rotatable bonds is 7. The first-order valence-electron chi connectivity index (χ1n) is 5.88. The van der Waals surface area contributed by atoms with Crippen LogP contribution in [-0.2, 0) is 9.53 Å². The summed E-state index contributed by atoms with van der Waals surface area (Å²) in [4.78, 5) is 11.2. The SMILES string of the molecule is CCOC(=O)[C@@H](O)[C@H](O)COc1ccc(OC)cc1. The van der Waals surface area contributed by atoms with Crippen molar-refractivity contribution in [3.63, 3.8) is 0 Å². The number of hydrogen-bond acceptors (Lipinski definition) is 6. The molecule has 0 saturated heterocycles. The van der Waals surface area contributed by atoms with Gasteiger partial charge in [-0.2, -0.15) is 0 Å². The van der Waals surface area contributed by atoms with Crippen LogP contribution < -0.4 is 9.47 Å². The van der Waals surface area contributed by atoms with Crippen molar-refractivity contribution in [2.75, 3.05) is 20.3 Å². The molecule has 0 heterocycles. The van der Waals surface area contributed by atoms with Crippen molar-refractivity contribution < 1.29 is 29.2 Å². The molecule has 0 aliphatic rings. The molecule has 6 heteroatoms. The zero-order chi connectivity index (χ0) is 14.3. The maximum Gasteiger partial charge on any atom is 0.337 e. The second kappa shape index (κ2) is 7.60. The lowest BCUT2D eigenvalue weighted by Gasteiger charge is -2.17. The number of methoxy groups -OCH3 is 1. The average Bonchev–Trinajstić information content (AvgIpc) is 2.44. The first-order valence-corrected chi connectivity index (χ1v) is 5.88. The van der Waals surface area contributed by atoms with Crippen LogP contribution in [0.25, 0.3) is 0 Å². The van der Waals surface area contributed by atoms with Gasteiger partial charge in [-0.1, -0.05) is 0 Å². The number of carbonyl (C=O) groups excluding carboxylic acids is 1. The van der Waals surface area contributed by atoms with E-state index in [1.54, 1.807) is 38.3 Å². The topological polar surface area (TPSA) is 85.2 Å². The molecule has 0 aliphatic heterocycles. The van der Waals surface area contributed by atoms with Crippen LogP contribution in [-0.4, -0.2) is 48.7 Å². The van der Waals surface area contributed by atoms with Crippen LogP contribution in [0.3, 0.4) is 0 Å². The molecule has 0 aliphatic carbocycles. The van der Waals surface area contributed by atoms with E-state index < -0.39 is 18.2 Å². The summed E-state index contributed by atoms with van der Waals surface area (Å²) in [5.74, 6) is 0.309. The molecule has 0 radical (unpaired) electrons. The molecule has 0 bridgehead atoms. The fourth-order valence-corrected chi connectivity index (χ4v) is 1.33. The third-order valence-electron chi connectivity index (χ3n) is 2.37. The summed E-state index contributed by atoms with van der Waals surface area (Å²) < 4.78 is 14.8. The van der Waals surface area contributed by atoms with E-state index in [1.165, 1.54) is 0 Å². The van der Waals surface area contributed by atoms with E-state index in [4.69, 9.17) is 9.47 Å². The third kappa shape index (κ3) is 4.76. The highest BCUT2D eigenvalue weighted by Gasteiger charge is 2.26. The highest BCUT2D eigenvalue weighted by atomic mass is 16.6. The number of benzene rings is 1. The molecule has 2 atom stereocenters. The first kappa shape index (κ1) is 15.3. The summed E-state index contributed by atoms with van der Waals surface area (Å²) >= 11 is 0. The number of aliphatic hydroxyl groups excluding tert-OH is 2. The van der Waals surface area contributed by atoms with Crippen LogP contribution in [0.4, 0.5) is 0 Å². The van der Waals surface area contributed by atoms with Crippen LogP contribution in [0.2, 0.25) is 0 Å². The minimum absolute atomic E-state index is 0.141. The normalized spacial score (nSPS) is 13.5. The van der Waals surface area contributed by atoms with Gasteiger partial charge in [-0.05, 0) is 31.2 Å². The molecule has 0 spiro atoms. The van der Waals surface area contributed by atoms with Crippen molar-refractivity contribution in [3.8, 4) is 11.5 Å². The second-order valence-corrected chi connectivity index (χ2v) is 3.75. The lowest BCUT2D eigenvalue weighted by molar-refractivity contribution is -0.160. The van der Waals surface area contributed by atoms with E-state index >= 15 is 0 Å². The van der Waals surface area contributed by atoms with Crippen LogP contribution in [0.15, 0.2) is 24.3 Å². The lowest BCUT2D eigenvalue weighted by atomic mass is 10.2. The van der Waals surface area contributed by atoms with E-state index in [2.05, 4.69) is 4.74 Å². The Kier molecular flexibility index (Phi) is 6.11. The van der Waals surface area contributed by atoms with Gasteiger partial charge in [0.05, 0.1) is 13.7 Å². The van der Waals surface area contributed by atoms with Gasteiger partial charge >= 0.3 is 5.97 Å². The van der Waals surface area contributed by atoms with Crippen LogP contribution in [0, 0.1) is 0 Å². The zero-order valence-corrected chi connectivity index (χ0v) is 10.9. The van der Waals surface area contributed by atoms with E-state index in [0.29, 0.717) is 11.5 Å². The smallest absolute Gasteiger partial charge is 0.337 e. The predicted molar refractivity (Wildman–Crippen MR) is 67.1 cm³/mol. The number of esters is 1. The van der Waals surface area contributed by atoms with E-state index in [1.807, 2.05) is 0 Å². The summed E-state index contributed by atoms with van der Waals surface area (Å²) in [6.45, 7) is 1.54. The molecule has 0 aromatic heterocycles. The Labute approximate surface area is 111 Å². The summed E-state index contributed by atoms with van der Waals surface area (Å²) in [6.07, 6.45) is -2.96. The number of hydrogen-bond donors (Lipinski definition) is 2. The Morgan fingerprint density at radius 2 is 1.79 bits per heavy atom. The number of carbonyl (C=O) groups is 1. The molecule has 0 saturated carbocycles. The monoisotopic (exact) mass is 270 g/mol. The Hall–Kier alpha value is -1.79. The number of ether oxygens (including phenoxy) is 3. The van der Waals surface area contributed by atoms with Gasteiger partial charge in [0.2, 0.25) is 0 Å². The van der Waals surface area contributed by atoms with Gasteiger partial charge < -0.3 is 24.4 Å². The van der Waals surface area contributed by atoms with Crippen LogP contribution in [0.5, 0.6) is 11.5 Å². The maximum absolute atomic E-state index is 11.2. The predicted octanol–water partition coefficient (Wildman–Crippen LogP) is 0.359. The lowest BCUT2D eigenvalue weighted by Crippen LogP contribution is -2.39. The Morgan fingerprint density at radius 1 is 1.21 bits per heavy atom. The molecule has 6 nitrogen and oxygen atoms in total. The van der Waals surface area contributed by atoms with Crippen molar-refractivity contribution >= 4 is 5.97 Å². The fraction of sp³-hybridized carbons (Fsp3) is 0.462. The van der Waals surface area contributed by atoms with Gasteiger partial charge in [-0.3, -0.25) is 0 Å². The fourth-order valence-electron chi connectivity index (χ4n) is 1.33.